The molecule has 10 N–H and O–H groups in total. The molecule has 0 saturated carbocycles. The second kappa shape index (κ2) is 20.8. The zero-order valence-electron chi connectivity index (χ0n) is 30.4. The van der Waals surface area contributed by atoms with Gasteiger partial charge in [0.2, 0.25) is 12.0 Å². The molecule has 1 aliphatic rings. The van der Waals surface area contributed by atoms with Crippen LogP contribution < -0.4 is 35.3 Å². The zero-order valence-corrected chi connectivity index (χ0v) is 30.4. The number of carbonyl (C=O) groups excluding carboxylic acids is 1. The smallest absolute Gasteiger partial charge is 0.338 e. The average molecular weight is 773 g/mol. The summed E-state index contributed by atoms with van der Waals surface area (Å²) in [5.41, 5.74) is 6.75. The van der Waals surface area contributed by atoms with Crippen molar-refractivity contribution in [1.29, 1.82) is 0 Å². The third-order valence-corrected chi connectivity index (χ3v) is 8.30. The van der Waals surface area contributed by atoms with Gasteiger partial charge in [-0.1, -0.05) is 30.3 Å². The Labute approximate surface area is 317 Å². The van der Waals surface area contributed by atoms with Gasteiger partial charge in [0, 0.05) is 38.2 Å². The quantitative estimate of drug-likeness (QED) is 0.0338. The van der Waals surface area contributed by atoms with Gasteiger partial charge in [-0.2, -0.15) is 0 Å². The SMILES string of the molecule is CCNc1cc(O[C@@H]2O[C@H](COC(=O)c3cc(OC)c(O)c(OCCc4ccccc4)c3)[C@@H](O)[C@H](O)[C@H]2O)c(OCN=C(N)NCCCCO)cc1C(=O)O. The molecule has 18 heteroatoms. The van der Waals surface area contributed by atoms with Gasteiger partial charge in [0.25, 0.3) is 0 Å². The van der Waals surface area contributed by atoms with Gasteiger partial charge in [-0.15, -0.1) is 0 Å². The number of carbonyl (C=O) groups is 2. The normalized spacial score (nSPS) is 19.6. The molecule has 0 radical (unpaired) electrons. The maximum Gasteiger partial charge on any atom is 0.338 e. The number of esters is 1. The van der Waals surface area contributed by atoms with Crippen LogP contribution in [0.4, 0.5) is 5.69 Å². The number of carboxylic acids is 1. The van der Waals surface area contributed by atoms with Crippen LogP contribution >= 0.6 is 0 Å². The van der Waals surface area contributed by atoms with Gasteiger partial charge < -0.3 is 75.4 Å². The van der Waals surface area contributed by atoms with Crippen LogP contribution in [0.25, 0.3) is 0 Å². The minimum atomic E-state index is -1.84. The lowest BCUT2D eigenvalue weighted by molar-refractivity contribution is -0.277. The largest absolute Gasteiger partial charge is 0.502 e. The van der Waals surface area contributed by atoms with Crippen molar-refractivity contribution in [3.63, 3.8) is 0 Å². The number of methoxy groups -OCH3 is 1. The van der Waals surface area contributed by atoms with Crippen LogP contribution in [0, 0.1) is 0 Å². The fourth-order valence-corrected chi connectivity index (χ4v) is 5.37. The third-order valence-electron chi connectivity index (χ3n) is 8.30. The number of aliphatic hydroxyl groups excluding tert-OH is 4. The van der Waals surface area contributed by atoms with E-state index in [1.54, 1.807) is 6.92 Å². The highest BCUT2D eigenvalue weighted by Crippen LogP contribution is 2.39. The first-order valence-corrected chi connectivity index (χ1v) is 17.5. The molecule has 0 aromatic heterocycles. The highest BCUT2D eigenvalue weighted by atomic mass is 16.7. The summed E-state index contributed by atoms with van der Waals surface area (Å²) in [5.74, 6) is -2.87. The molecule has 55 heavy (non-hydrogen) atoms. The van der Waals surface area contributed by atoms with Crippen LogP contribution in [0.3, 0.4) is 0 Å². The van der Waals surface area contributed by atoms with Crippen LogP contribution in [-0.2, 0) is 15.9 Å². The number of nitrogens with two attached hydrogens (primary N) is 1. The molecule has 18 nitrogen and oxygen atoms in total. The molecule has 0 unspecified atom stereocenters. The third kappa shape index (κ3) is 11.7. The van der Waals surface area contributed by atoms with Crippen molar-refractivity contribution in [3.8, 4) is 28.7 Å². The molecular weight excluding hydrogens is 724 g/mol. The number of ether oxygens (including phenoxy) is 6. The summed E-state index contributed by atoms with van der Waals surface area (Å²) in [5, 5.41) is 67.5. The predicted octanol–water partition coefficient (Wildman–Crippen LogP) is 1.21. The van der Waals surface area contributed by atoms with E-state index in [-0.39, 0.29) is 71.5 Å². The van der Waals surface area contributed by atoms with Crippen molar-refractivity contribution in [2.75, 3.05) is 52.1 Å². The second-order valence-electron chi connectivity index (χ2n) is 12.2. The molecule has 3 aromatic rings. The van der Waals surface area contributed by atoms with E-state index in [1.165, 1.54) is 31.4 Å². The zero-order chi connectivity index (χ0) is 39.9. The number of aliphatic hydroxyl groups is 4. The number of guanidine groups is 1. The number of carboxylic acid groups (broad SMARTS) is 1. The Morgan fingerprint density at radius 2 is 1.69 bits per heavy atom. The molecule has 1 fully saturated rings. The molecule has 4 rings (SSSR count). The molecule has 0 amide bonds. The molecule has 1 aliphatic heterocycles. The Kier molecular flexibility index (Phi) is 16.0. The Bertz CT molecular complexity index is 1740. The van der Waals surface area contributed by atoms with E-state index in [0.29, 0.717) is 32.4 Å². The molecule has 1 heterocycles. The highest BCUT2D eigenvalue weighted by Gasteiger charge is 2.46. The maximum absolute atomic E-state index is 13.2. The number of phenols is 1. The van der Waals surface area contributed by atoms with Gasteiger partial charge in [0.15, 0.2) is 35.7 Å². The molecule has 0 aliphatic carbocycles. The molecule has 300 valence electrons. The lowest BCUT2D eigenvalue weighted by atomic mass is 9.99. The molecule has 0 bridgehead atoms. The summed E-state index contributed by atoms with van der Waals surface area (Å²) in [6.07, 6.45) is -6.79. The van der Waals surface area contributed by atoms with Crippen molar-refractivity contribution >= 4 is 23.6 Å². The van der Waals surface area contributed by atoms with Gasteiger partial charge in [0.1, 0.15) is 31.0 Å². The van der Waals surface area contributed by atoms with E-state index in [2.05, 4.69) is 15.6 Å². The van der Waals surface area contributed by atoms with Crippen LogP contribution in [-0.4, -0.2) is 126 Å². The summed E-state index contributed by atoms with van der Waals surface area (Å²) in [6.45, 7) is 1.72. The van der Waals surface area contributed by atoms with Crippen LogP contribution in [0.1, 0.15) is 46.0 Å². The minimum Gasteiger partial charge on any atom is -0.502 e. The van der Waals surface area contributed by atoms with Gasteiger partial charge in [-0.25, -0.2) is 14.6 Å². The predicted molar refractivity (Wildman–Crippen MR) is 197 cm³/mol. The number of aromatic carboxylic acids is 1. The summed E-state index contributed by atoms with van der Waals surface area (Å²) >= 11 is 0. The van der Waals surface area contributed by atoms with E-state index < -0.39 is 49.3 Å². The first kappa shape index (κ1) is 42.2. The number of benzene rings is 3. The van der Waals surface area contributed by atoms with E-state index >= 15 is 0 Å². The number of nitrogens with one attached hydrogen (secondary N) is 2. The first-order valence-electron chi connectivity index (χ1n) is 17.5. The summed E-state index contributed by atoms with van der Waals surface area (Å²) < 4.78 is 33.8. The van der Waals surface area contributed by atoms with Gasteiger partial charge >= 0.3 is 11.9 Å². The maximum atomic E-state index is 13.2. The molecular formula is C37H48N4O14. The van der Waals surface area contributed by atoms with Crippen molar-refractivity contribution in [3.05, 3.63) is 71.3 Å². The minimum absolute atomic E-state index is 0.0289. The van der Waals surface area contributed by atoms with Crippen LogP contribution in [0.5, 0.6) is 28.7 Å². The number of aliphatic imine (C=N–C) groups is 1. The summed E-state index contributed by atoms with van der Waals surface area (Å²) in [7, 11) is 1.30. The highest BCUT2D eigenvalue weighted by molar-refractivity contribution is 5.95. The van der Waals surface area contributed by atoms with Gasteiger partial charge in [0.05, 0.1) is 30.5 Å². The van der Waals surface area contributed by atoms with Crippen molar-refractivity contribution in [2.24, 2.45) is 10.7 Å². The van der Waals surface area contributed by atoms with Crippen LogP contribution in [0.15, 0.2) is 59.6 Å². The summed E-state index contributed by atoms with van der Waals surface area (Å²) in [4.78, 5) is 29.3. The number of aromatic hydroxyl groups is 1. The van der Waals surface area contributed by atoms with E-state index in [9.17, 15) is 35.1 Å². The number of hydrogen-bond donors (Lipinski definition) is 9. The number of rotatable bonds is 20. The van der Waals surface area contributed by atoms with Gasteiger partial charge in [-0.3, -0.25) is 0 Å². The van der Waals surface area contributed by atoms with Crippen molar-refractivity contribution in [1.82, 2.24) is 5.32 Å². The standard InChI is InChI=1S/C37H48N4O14/c1-3-39-24-18-26(25(17-23(24)34(47)48)53-20-41-37(38)40-12-7-8-13-42)54-36-33(46)32(45)31(44)29(55-36)19-52-35(49)22-15-27(50-2)30(43)28(16-22)51-14-11-21-9-5-4-6-10-21/h4-6,9-10,15-18,29,31-33,36,39,42-46H,3,7-8,11-14,19-20H2,1-2H3,(H,47,48)(H3,38,40,41)/t29-,31-,32+,33-,36-/m1/s1. The fourth-order valence-electron chi connectivity index (χ4n) is 5.37. The number of anilines is 1. The average Bonchev–Trinajstić information content (AvgIpc) is 3.17. The number of nitrogens with zero attached hydrogens (tertiary/aromatic N) is 1. The van der Waals surface area contributed by atoms with Crippen molar-refractivity contribution in [2.45, 2.75) is 56.9 Å². The van der Waals surface area contributed by atoms with E-state index in [4.69, 9.17) is 39.3 Å². The fraction of sp³-hybridized carbons (Fsp3) is 0.432. The molecule has 5 atom stereocenters. The van der Waals surface area contributed by atoms with Crippen molar-refractivity contribution < 1.29 is 68.6 Å². The van der Waals surface area contributed by atoms with Gasteiger partial charge in [-0.05, 0) is 37.5 Å². The molecule has 0 spiro atoms. The second-order valence-corrected chi connectivity index (χ2v) is 12.2. The Hall–Kier alpha value is -5.53. The number of unbranched alkanes of at least 4 members (excludes halogenated alkanes) is 1. The van der Waals surface area contributed by atoms with E-state index in [0.717, 1.165) is 5.56 Å². The Balaban J connectivity index is 1.49. The topological polar surface area (TPSA) is 273 Å². The molecule has 3 aromatic carbocycles. The number of hydrogen-bond acceptors (Lipinski definition) is 15. The van der Waals surface area contributed by atoms with E-state index in [1.807, 2.05) is 30.3 Å². The van der Waals surface area contributed by atoms with Crippen LogP contribution in [0.2, 0.25) is 0 Å². The lowest BCUT2D eigenvalue weighted by Crippen LogP contribution is -2.60. The Morgan fingerprint density at radius 3 is 2.38 bits per heavy atom. The monoisotopic (exact) mass is 772 g/mol. The Morgan fingerprint density at radius 1 is 0.945 bits per heavy atom. The molecule has 1 saturated heterocycles. The first-order chi connectivity index (χ1) is 26.5. The summed E-state index contributed by atoms with van der Waals surface area (Å²) in [6, 6.07) is 14.5. The lowest BCUT2D eigenvalue weighted by Gasteiger charge is -2.40. The number of phenolic OH excluding ortho intramolecular Hbond substituents is 1.